The Labute approximate surface area is 75.5 Å². The monoisotopic (exact) mass is 168 g/mol. The molecule has 1 aliphatic carbocycles. The largest absolute Gasteiger partial charge is 0.369 e. The smallest absolute Gasteiger partial charge is 0.0949 e. The van der Waals surface area contributed by atoms with E-state index in [1.165, 1.54) is 19.3 Å². The van der Waals surface area contributed by atoms with E-state index < -0.39 is 0 Å². The van der Waals surface area contributed by atoms with Gasteiger partial charge in [-0.2, -0.15) is 0 Å². The van der Waals surface area contributed by atoms with Crippen LogP contribution in [0.3, 0.4) is 0 Å². The summed E-state index contributed by atoms with van der Waals surface area (Å²) in [6, 6.07) is 0. The molecule has 0 N–H and O–H groups in total. The maximum atomic E-state index is 5.68. The molecule has 0 aromatic carbocycles. The van der Waals surface area contributed by atoms with E-state index in [0.717, 1.165) is 24.4 Å². The van der Waals surface area contributed by atoms with Gasteiger partial charge in [0.1, 0.15) is 0 Å². The minimum absolute atomic E-state index is 0.339. The minimum atomic E-state index is 0.339. The van der Waals surface area contributed by atoms with E-state index in [2.05, 4.69) is 20.8 Å². The van der Waals surface area contributed by atoms with Crippen molar-refractivity contribution in [1.82, 2.24) is 0 Å². The molecule has 2 rings (SSSR count). The van der Waals surface area contributed by atoms with Gasteiger partial charge in [-0.15, -0.1) is 0 Å². The summed E-state index contributed by atoms with van der Waals surface area (Å²) >= 11 is 0. The Balaban J connectivity index is 2.05. The van der Waals surface area contributed by atoms with Gasteiger partial charge in [-0.25, -0.2) is 0 Å². The molecule has 0 radical (unpaired) electrons. The molecule has 0 amide bonds. The Hall–Kier alpha value is -0.0400. The van der Waals surface area contributed by atoms with E-state index in [1.807, 2.05) is 0 Å². The minimum Gasteiger partial charge on any atom is -0.369 e. The average Bonchev–Trinajstić information content (AvgIpc) is 2.68. The van der Waals surface area contributed by atoms with Crippen LogP contribution in [0, 0.1) is 17.8 Å². The molecule has 0 aromatic rings. The molecule has 0 unspecified atom stereocenters. The SMILES string of the molecule is CC(C)[C@@H]1CC[C@@H](C)C[C@@]12CO2. The second kappa shape index (κ2) is 2.73. The Bertz CT molecular complexity index is 170. The topological polar surface area (TPSA) is 12.5 Å². The quantitative estimate of drug-likeness (QED) is 0.548. The summed E-state index contributed by atoms with van der Waals surface area (Å²) in [5.41, 5.74) is 0.339. The summed E-state index contributed by atoms with van der Waals surface area (Å²) in [5, 5.41) is 0. The molecule has 1 nitrogen and oxygen atoms in total. The molecule has 1 saturated heterocycles. The van der Waals surface area contributed by atoms with Gasteiger partial charge in [0.05, 0.1) is 12.2 Å². The Morgan fingerprint density at radius 3 is 2.50 bits per heavy atom. The maximum absolute atomic E-state index is 5.68. The third-order valence-electron chi connectivity index (χ3n) is 3.66. The molecule has 1 heteroatoms. The summed E-state index contributed by atoms with van der Waals surface area (Å²) < 4.78 is 5.68. The van der Waals surface area contributed by atoms with Gasteiger partial charge in [-0.1, -0.05) is 27.2 Å². The average molecular weight is 168 g/mol. The van der Waals surface area contributed by atoms with Crippen LogP contribution in [-0.4, -0.2) is 12.2 Å². The highest BCUT2D eigenvalue weighted by Crippen LogP contribution is 2.50. The van der Waals surface area contributed by atoms with E-state index in [4.69, 9.17) is 4.74 Å². The van der Waals surface area contributed by atoms with Crippen molar-refractivity contribution in [3.8, 4) is 0 Å². The summed E-state index contributed by atoms with van der Waals surface area (Å²) in [7, 11) is 0. The lowest BCUT2D eigenvalue weighted by atomic mass is 9.70. The molecular weight excluding hydrogens is 148 g/mol. The van der Waals surface area contributed by atoms with Crippen molar-refractivity contribution < 1.29 is 4.74 Å². The summed E-state index contributed by atoms with van der Waals surface area (Å²) in [4.78, 5) is 0. The fourth-order valence-electron chi connectivity index (χ4n) is 2.94. The first kappa shape index (κ1) is 8.55. The lowest BCUT2D eigenvalue weighted by molar-refractivity contribution is 0.0953. The number of hydrogen-bond acceptors (Lipinski definition) is 1. The van der Waals surface area contributed by atoms with Gasteiger partial charge in [0.2, 0.25) is 0 Å². The van der Waals surface area contributed by atoms with E-state index in [-0.39, 0.29) is 0 Å². The molecule has 1 aliphatic heterocycles. The van der Waals surface area contributed by atoms with Crippen LogP contribution >= 0.6 is 0 Å². The first-order valence-corrected chi connectivity index (χ1v) is 5.28. The van der Waals surface area contributed by atoms with Crippen LogP contribution in [0.2, 0.25) is 0 Å². The van der Waals surface area contributed by atoms with Crippen molar-refractivity contribution in [3.63, 3.8) is 0 Å². The van der Waals surface area contributed by atoms with Crippen molar-refractivity contribution in [2.24, 2.45) is 17.8 Å². The fourth-order valence-corrected chi connectivity index (χ4v) is 2.94. The van der Waals surface area contributed by atoms with Crippen molar-refractivity contribution >= 4 is 0 Å². The molecule has 12 heavy (non-hydrogen) atoms. The standard InChI is InChI=1S/C11H20O/c1-8(2)10-5-4-9(3)6-11(10)7-12-11/h8-10H,4-7H2,1-3H3/t9-,10+,11-/m1/s1. The Morgan fingerprint density at radius 2 is 2.00 bits per heavy atom. The van der Waals surface area contributed by atoms with Crippen LogP contribution in [0.25, 0.3) is 0 Å². The molecule has 1 spiro atoms. The van der Waals surface area contributed by atoms with Gasteiger partial charge < -0.3 is 4.74 Å². The van der Waals surface area contributed by atoms with Crippen molar-refractivity contribution in [1.29, 1.82) is 0 Å². The van der Waals surface area contributed by atoms with E-state index in [9.17, 15) is 0 Å². The van der Waals surface area contributed by atoms with Gasteiger partial charge in [0, 0.05) is 0 Å². The Kier molecular flexibility index (Phi) is 1.95. The van der Waals surface area contributed by atoms with Crippen LogP contribution in [0.4, 0.5) is 0 Å². The summed E-state index contributed by atoms with van der Waals surface area (Å²) in [5.74, 6) is 2.54. The second-order valence-corrected chi connectivity index (χ2v) is 5.09. The fraction of sp³-hybridized carbons (Fsp3) is 1.00. The highest BCUT2D eigenvalue weighted by molar-refractivity contribution is 5.02. The van der Waals surface area contributed by atoms with Crippen molar-refractivity contribution in [2.75, 3.05) is 6.61 Å². The van der Waals surface area contributed by atoms with Crippen LogP contribution in [0.5, 0.6) is 0 Å². The molecule has 0 aromatic heterocycles. The van der Waals surface area contributed by atoms with Gasteiger partial charge in [0.15, 0.2) is 0 Å². The van der Waals surface area contributed by atoms with Crippen LogP contribution in [-0.2, 0) is 4.74 Å². The molecular formula is C11H20O. The van der Waals surface area contributed by atoms with E-state index >= 15 is 0 Å². The third-order valence-corrected chi connectivity index (χ3v) is 3.66. The predicted octanol–water partition coefficient (Wildman–Crippen LogP) is 2.85. The van der Waals surface area contributed by atoms with E-state index in [0.29, 0.717) is 5.60 Å². The van der Waals surface area contributed by atoms with Crippen molar-refractivity contribution in [2.45, 2.75) is 45.6 Å². The second-order valence-electron chi connectivity index (χ2n) is 5.09. The van der Waals surface area contributed by atoms with Crippen molar-refractivity contribution in [3.05, 3.63) is 0 Å². The molecule has 1 heterocycles. The normalized spacial score (nSPS) is 47.0. The summed E-state index contributed by atoms with van der Waals surface area (Å²) in [6.45, 7) is 8.08. The number of ether oxygens (including phenoxy) is 1. The molecule has 1 saturated carbocycles. The van der Waals surface area contributed by atoms with Crippen LogP contribution in [0.15, 0.2) is 0 Å². The third kappa shape index (κ3) is 1.28. The number of epoxide rings is 1. The predicted molar refractivity (Wildman–Crippen MR) is 50.0 cm³/mol. The number of hydrogen-bond donors (Lipinski definition) is 0. The molecule has 2 fully saturated rings. The molecule has 2 aliphatic rings. The zero-order valence-electron chi connectivity index (χ0n) is 8.47. The van der Waals surface area contributed by atoms with Crippen LogP contribution in [0.1, 0.15) is 40.0 Å². The zero-order chi connectivity index (χ0) is 8.77. The number of rotatable bonds is 1. The molecule has 3 atom stereocenters. The molecule has 0 bridgehead atoms. The lowest BCUT2D eigenvalue weighted by Gasteiger charge is -2.35. The van der Waals surface area contributed by atoms with Gasteiger partial charge in [-0.3, -0.25) is 0 Å². The lowest BCUT2D eigenvalue weighted by Crippen LogP contribution is -2.35. The summed E-state index contributed by atoms with van der Waals surface area (Å²) in [6.07, 6.45) is 4.11. The zero-order valence-corrected chi connectivity index (χ0v) is 8.47. The molecule has 70 valence electrons. The van der Waals surface area contributed by atoms with Gasteiger partial charge >= 0.3 is 0 Å². The van der Waals surface area contributed by atoms with E-state index in [1.54, 1.807) is 0 Å². The maximum Gasteiger partial charge on any atom is 0.0949 e. The van der Waals surface area contributed by atoms with Gasteiger partial charge in [-0.05, 0) is 30.6 Å². The Morgan fingerprint density at radius 1 is 1.33 bits per heavy atom. The van der Waals surface area contributed by atoms with Gasteiger partial charge in [0.25, 0.3) is 0 Å². The first-order chi connectivity index (χ1) is 5.64. The highest BCUT2D eigenvalue weighted by Gasteiger charge is 2.54. The highest BCUT2D eigenvalue weighted by atomic mass is 16.6. The first-order valence-electron chi connectivity index (χ1n) is 5.28. The van der Waals surface area contributed by atoms with Crippen LogP contribution < -0.4 is 0 Å².